The second-order valence-corrected chi connectivity index (χ2v) is 3.62. The maximum Gasteiger partial charge on any atom is 0.303 e. The fourth-order valence-electron chi connectivity index (χ4n) is 1.49. The number of hydrogen-bond acceptors (Lipinski definition) is 2. The van der Waals surface area contributed by atoms with Crippen molar-refractivity contribution < 1.29 is 23.8 Å². The van der Waals surface area contributed by atoms with Gasteiger partial charge in [-0.25, -0.2) is 8.78 Å². The van der Waals surface area contributed by atoms with Crippen molar-refractivity contribution in [2.45, 2.75) is 25.7 Å². The Bertz CT molecular complexity index is 391. The molecule has 0 amide bonds. The molecule has 1 aromatic carbocycles. The van der Waals surface area contributed by atoms with Gasteiger partial charge in [-0.1, -0.05) is 19.1 Å². The molecular formula is C11H12F2O3. The summed E-state index contributed by atoms with van der Waals surface area (Å²) < 4.78 is 24.6. The number of carbonyl (C=O) groups is 1. The highest BCUT2D eigenvalue weighted by atomic mass is 19.3. The summed E-state index contributed by atoms with van der Waals surface area (Å²) in [6, 6.07) is 3.50. The number of hydrogen-bond donors (Lipinski definition) is 2. The highest BCUT2D eigenvalue weighted by Crippen LogP contribution is 2.31. The molecule has 88 valence electrons. The van der Waals surface area contributed by atoms with Crippen molar-refractivity contribution in [3.05, 3.63) is 29.3 Å². The Morgan fingerprint density at radius 2 is 2.06 bits per heavy atom. The zero-order valence-corrected chi connectivity index (χ0v) is 8.65. The molecule has 0 aliphatic carbocycles. The summed E-state index contributed by atoms with van der Waals surface area (Å²) in [7, 11) is 0. The Morgan fingerprint density at radius 1 is 1.44 bits per heavy atom. The molecule has 1 unspecified atom stereocenters. The van der Waals surface area contributed by atoms with E-state index in [1.54, 1.807) is 6.92 Å². The Morgan fingerprint density at radius 3 is 2.50 bits per heavy atom. The van der Waals surface area contributed by atoms with Crippen LogP contribution < -0.4 is 0 Å². The van der Waals surface area contributed by atoms with Crippen molar-refractivity contribution >= 4 is 5.97 Å². The number of phenols is 1. The molecule has 0 aromatic heterocycles. The number of alkyl halides is 2. The number of carboxylic acid groups (broad SMARTS) is 1. The molecule has 16 heavy (non-hydrogen) atoms. The average Bonchev–Trinajstić information content (AvgIpc) is 2.15. The Balaban J connectivity index is 2.94. The van der Waals surface area contributed by atoms with Crippen molar-refractivity contribution in [3.63, 3.8) is 0 Å². The third-order valence-corrected chi connectivity index (χ3v) is 2.32. The quantitative estimate of drug-likeness (QED) is 0.836. The first-order valence-electron chi connectivity index (χ1n) is 4.74. The van der Waals surface area contributed by atoms with Crippen LogP contribution in [0.5, 0.6) is 5.75 Å². The fourth-order valence-corrected chi connectivity index (χ4v) is 1.49. The minimum atomic E-state index is -2.64. The van der Waals surface area contributed by atoms with Gasteiger partial charge in [-0.05, 0) is 17.5 Å². The highest BCUT2D eigenvalue weighted by Gasteiger charge is 2.16. The summed E-state index contributed by atoms with van der Waals surface area (Å²) in [5, 5.41) is 18.1. The third-order valence-electron chi connectivity index (χ3n) is 2.32. The van der Waals surface area contributed by atoms with Crippen LogP contribution in [0.25, 0.3) is 0 Å². The Hall–Kier alpha value is -1.65. The molecule has 0 heterocycles. The van der Waals surface area contributed by atoms with Crippen LogP contribution in [0.3, 0.4) is 0 Å². The van der Waals surface area contributed by atoms with Gasteiger partial charge in [0.2, 0.25) is 0 Å². The van der Waals surface area contributed by atoms with Crippen molar-refractivity contribution in [2.24, 2.45) is 0 Å². The molecule has 0 bridgehead atoms. The van der Waals surface area contributed by atoms with E-state index in [1.807, 2.05) is 0 Å². The number of halogens is 2. The van der Waals surface area contributed by atoms with Gasteiger partial charge in [-0.3, -0.25) is 4.79 Å². The van der Waals surface area contributed by atoms with Gasteiger partial charge >= 0.3 is 5.97 Å². The van der Waals surface area contributed by atoms with E-state index in [0.717, 1.165) is 6.07 Å². The van der Waals surface area contributed by atoms with Crippen LogP contribution >= 0.6 is 0 Å². The first-order valence-corrected chi connectivity index (χ1v) is 4.74. The van der Waals surface area contributed by atoms with Crippen molar-refractivity contribution in [2.75, 3.05) is 0 Å². The zero-order valence-electron chi connectivity index (χ0n) is 8.65. The van der Waals surface area contributed by atoms with Crippen molar-refractivity contribution in [1.82, 2.24) is 0 Å². The number of aromatic hydroxyl groups is 1. The highest BCUT2D eigenvalue weighted by molar-refractivity contribution is 5.68. The van der Waals surface area contributed by atoms with Crippen LogP contribution in [0, 0.1) is 0 Å². The molecule has 0 fully saturated rings. The molecule has 0 saturated carbocycles. The Labute approximate surface area is 91.3 Å². The topological polar surface area (TPSA) is 57.5 Å². The summed E-state index contributed by atoms with van der Waals surface area (Å²) in [5.74, 6) is -1.69. The number of benzene rings is 1. The molecular weight excluding hydrogens is 218 g/mol. The van der Waals surface area contributed by atoms with Crippen molar-refractivity contribution in [1.29, 1.82) is 0 Å². The van der Waals surface area contributed by atoms with Crippen LogP contribution in [-0.2, 0) is 4.79 Å². The van der Waals surface area contributed by atoms with Gasteiger partial charge < -0.3 is 10.2 Å². The van der Waals surface area contributed by atoms with Crippen LogP contribution in [0.2, 0.25) is 0 Å². The lowest BCUT2D eigenvalue weighted by atomic mass is 9.96. The standard InChI is InChI=1S/C11H12F2O3/c1-6(4-10(15)16)8-3-2-7(11(12)13)5-9(8)14/h2-3,5-6,11,14H,4H2,1H3,(H,15,16). The molecule has 0 aliphatic rings. The van der Waals surface area contributed by atoms with Crippen molar-refractivity contribution in [3.8, 4) is 5.75 Å². The lowest BCUT2D eigenvalue weighted by molar-refractivity contribution is -0.137. The Kier molecular flexibility index (Phi) is 3.82. The third kappa shape index (κ3) is 2.92. The predicted molar refractivity (Wildman–Crippen MR) is 53.7 cm³/mol. The summed E-state index contributed by atoms with van der Waals surface area (Å²) in [4.78, 5) is 10.5. The molecule has 0 radical (unpaired) electrons. The molecule has 2 N–H and O–H groups in total. The molecule has 1 rings (SSSR count). The van der Waals surface area contributed by atoms with Gasteiger partial charge in [-0.2, -0.15) is 0 Å². The van der Waals surface area contributed by atoms with Crippen LogP contribution in [0.4, 0.5) is 8.78 Å². The SMILES string of the molecule is CC(CC(=O)O)c1ccc(C(F)F)cc1O. The first-order chi connectivity index (χ1) is 7.41. The van der Waals surface area contributed by atoms with E-state index >= 15 is 0 Å². The summed E-state index contributed by atoms with van der Waals surface area (Å²) in [6.45, 7) is 1.62. The largest absolute Gasteiger partial charge is 0.508 e. The first kappa shape index (κ1) is 12.4. The smallest absolute Gasteiger partial charge is 0.303 e. The van der Waals surface area contributed by atoms with E-state index in [2.05, 4.69) is 0 Å². The van der Waals surface area contributed by atoms with E-state index in [0.29, 0.717) is 5.56 Å². The second-order valence-electron chi connectivity index (χ2n) is 3.62. The number of phenolic OH excluding ortho intramolecular Hbond substituents is 1. The number of carboxylic acids is 1. The monoisotopic (exact) mass is 230 g/mol. The second kappa shape index (κ2) is 4.92. The fraction of sp³-hybridized carbons (Fsp3) is 0.364. The molecule has 3 nitrogen and oxygen atoms in total. The van der Waals surface area contributed by atoms with Gasteiger partial charge in [0, 0.05) is 5.56 Å². The predicted octanol–water partition coefficient (Wildman–Crippen LogP) is 2.91. The number of rotatable bonds is 4. The maximum absolute atomic E-state index is 12.3. The van der Waals surface area contributed by atoms with Crippen LogP contribution in [0.15, 0.2) is 18.2 Å². The minimum absolute atomic E-state index is 0.151. The van der Waals surface area contributed by atoms with Gasteiger partial charge in [0.1, 0.15) is 5.75 Å². The van der Waals surface area contributed by atoms with E-state index < -0.39 is 18.3 Å². The molecule has 5 heteroatoms. The van der Waals surface area contributed by atoms with Gasteiger partial charge in [0.25, 0.3) is 6.43 Å². The van der Waals surface area contributed by atoms with E-state index in [-0.39, 0.29) is 17.7 Å². The van der Waals surface area contributed by atoms with Crippen LogP contribution in [-0.4, -0.2) is 16.2 Å². The summed E-state index contributed by atoms with van der Waals surface area (Å²) in [6.07, 6.45) is -2.79. The summed E-state index contributed by atoms with van der Waals surface area (Å²) >= 11 is 0. The lowest BCUT2D eigenvalue weighted by Gasteiger charge is -2.12. The maximum atomic E-state index is 12.3. The molecule has 1 atom stereocenters. The van der Waals surface area contributed by atoms with Crippen LogP contribution in [0.1, 0.15) is 36.8 Å². The van der Waals surface area contributed by atoms with Gasteiger partial charge in [0.15, 0.2) is 0 Å². The van der Waals surface area contributed by atoms with Gasteiger partial charge in [0.05, 0.1) is 6.42 Å². The molecule has 0 aliphatic heterocycles. The minimum Gasteiger partial charge on any atom is -0.508 e. The van der Waals surface area contributed by atoms with E-state index in [4.69, 9.17) is 5.11 Å². The lowest BCUT2D eigenvalue weighted by Crippen LogP contribution is -2.03. The molecule has 0 spiro atoms. The van der Waals surface area contributed by atoms with Gasteiger partial charge in [-0.15, -0.1) is 0 Å². The van der Waals surface area contributed by atoms with E-state index in [1.165, 1.54) is 12.1 Å². The molecule has 1 aromatic rings. The van der Waals surface area contributed by atoms with E-state index in [9.17, 15) is 18.7 Å². The zero-order chi connectivity index (χ0) is 12.3. The summed E-state index contributed by atoms with van der Waals surface area (Å²) in [5.41, 5.74) is 0.0931. The normalized spacial score (nSPS) is 12.8. The average molecular weight is 230 g/mol. The number of aliphatic carboxylic acids is 1. The molecule has 0 saturated heterocycles.